The first-order valence-corrected chi connectivity index (χ1v) is 13.0. The lowest BCUT2D eigenvalue weighted by atomic mass is 9.55. The second kappa shape index (κ2) is 10.8. The molecule has 0 spiro atoms. The molecule has 1 amide bonds. The average molecular weight is 558 g/mol. The minimum absolute atomic E-state index is 0.0815. The van der Waals surface area contributed by atoms with Gasteiger partial charge >= 0.3 is 11.9 Å². The van der Waals surface area contributed by atoms with Crippen molar-refractivity contribution < 1.29 is 53.9 Å². The molecule has 214 valence electrons. The van der Waals surface area contributed by atoms with Crippen LogP contribution in [0.25, 0.3) is 5.76 Å². The van der Waals surface area contributed by atoms with Gasteiger partial charge in [0.25, 0.3) is 5.91 Å². The fourth-order valence-corrected chi connectivity index (χ4v) is 5.90. The van der Waals surface area contributed by atoms with Gasteiger partial charge in [-0.25, -0.2) is 0 Å². The van der Waals surface area contributed by atoms with E-state index in [-0.39, 0.29) is 24.3 Å². The van der Waals surface area contributed by atoms with Crippen LogP contribution in [-0.2, 0) is 33.4 Å². The molecular formula is C28H31NO11. The molecule has 4 rings (SSSR count). The maximum Gasteiger partial charge on any atom is 0.306 e. The number of fused-ring (bicyclic) bond motifs is 3. The fourth-order valence-electron chi connectivity index (χ4n) is 5.90. The van der Waals surface area contributed by atoms with E-state index in [4.69, 9.17) is 15.2 Å². The van der Waals surface area contributed by atoms with Gasteiger partial charge in [0, 0.05) is 23.8 Å². The molecule has 1 fully saturated rings. The molecule has 1 saturated carbocycles. The monoisotopic (exact) mass is 557 g/mol. The lowest BCUT2D eigenvalue weighted by Gasteiger charge is -2.51. The van der Waals surface area contributed by atoms with E-state index in [1.807, 2.05) is 6.92 Å². The van der Waals surface area contributed by atoms with Gasteiger partial charge in [0.15, 0.2) is 11.4 Å². The van der Waals surface area contributed by atoms with E-state index in [1.165, 1.54) is 12.1 Å². The maximum absolute atomic E-state index is 13.8. The summed E-state index contributed by atoms with van der Waals surface area (Å²) in [4.78, 5) is 63.6. The van der Waals surface area contributed by atoms with Crippen LogP contribution in [0, 0.1) is 11.8 Å². The summed E-state index contributed by atoms with van der Waals surface area (Å²) in [6.07, 6.45) is -1.45. The first-order valence-electron chi connectivity index (χ1n) is 13.0. The van der Waals surface area contributed by atoms with Gasteiger partial charge in [-0.1, -0.05) is 32.4 Å². The van der Waals surface area contributed by atoms with Crippen molar-refractivity contribution in [2.24, 2.45) is 17.6 Å². The molecule has 3 aliphatic rings. The summed E-state index contributed by atoms with van der Waals surface area (Å²) in [5, 5.41) is 44.2. The van der Waals surface area contributed by atoms with Gasteiger partial charge in [-0.15, -0.1) is 0 Å². The van der Waals surface area contributed by atoms with Crippen LogP contribution in [-0.4, -0.2) is 68.2 Å². The summed E-state index contributed by atoms with van der Waals surface area (Å²) in [6.45, 7) is 3.76. The highest BCUT2D eigenvalue weighted by molar-refractivity contribution is 6.23. The second-order valence-electron chi connectivity index (χ2n) is 10.3. The number of Topliss-reactive ketones (excluding diaryl/α,β-unsaturated/α-hetero) is 2. The zero-order valence-electron chi connectivity index (χ0n) is 22.0. The maximum atomic E-state index is 13.8. The van der Waals surface area contributed by atoms with Crippen molar-refractivity contribution in [1.29, 1.82) is 0 Å². The highest BCUT2D eigenvalue weighted by Gasteiger charge is 2.66. The first kappa shape index (κ1) is 28.8. The van der Waals surface area contributed by atoms with Crippen molar-refractivity contribution in [3.8, 4) is 5.75 Å². The first-order chi connectivity index (χ1) is 18.9. The number of carbonyl (C=O) groups excluding carboxylic acids is 5. The lowest BCUT2D eigenvalue weighted by molar-refractivity contribution is -0.179. The molecule has 3 aliphatic carbocycles. The summed E-state index contributed by atoms with van der Waals surface area (Å²) in [7, 11) is 0. The number of carbonyl (C=O) groups is 5. The van der Waals surface area contributed by atoms with Crippen LogP contribution in [0.5, 0.6) is 5.75 Å². The highest BCUT2D eigenvalue weighted by atomic mass is 16.5. The van der Waals surface area contributed by atoms with Crippen LogP contribution in [0.15, 0.2) is 35.1 Å². The average Bonchev–Trinajstić information content (AvgIpc) is 2.89. The molecule has 1 aromatic rings. The normalized spacial score (nSPS) is 27.5. The number of primary amides is 1. The smallest absolute Gasteiger partial charge is 0.306 e. The van der Waals surface area contributed by atoms with Gasteiger partial charge in [0.05, 0.1) is 25.0 Å². The molecule has 5 atom stereocenters. The summed E-state index contributed by atoms with van der Waals surface area (Å²) in [5.41, 5.74) is 1.18. The summed E-state index contributed by atoms with van der Waals surface area (Å²) in [6, 6.07) is 4.40. The van der Waals surface area contributed by atoms with Gasteiger partial charge in [0.1, 0.15) is 28.9 Å². The molecule has 0 unspecified atom stereocenters. The Labute approximate surface area is 229 Å². The van der Waals surface area contributed by atoms with Crippen molar-refractivity contribution in [3.63, 3.8) is 0 Å². The van der Waals surface area contributed by atoms with Gasteiger partial charge in [0.2, 0.25) is 5.78 Å². The van der Waals surface area contributed by atoms with Crippen LogP contribution >= 0.6 is 0 Å². The van der Waals surface area contributed by atoms with E-state index in [9.17, 15) is 44.4 Å². The van der Waals surface area contributed by atoms with E-state index in [2.05, 4.69) is 0 Å². The van der Waals surface area contributed by atoms with Crippen molar-refractivity contribution in [3.05, 3.63) is 46.2 Å². The van der Waals surface area contributed by atoms with Crippen molar-refractivity contribution in [2.45, 2.75) is 63.6 Å². The van der Waals surface area contributed by atoms with E-state index in [1.54, 1.807) is 13.0 Å². The Hall–Kier alpha value is -4.19. The summed E-state index contributed by atoms with van der Waals surface area (Å²) in [5.74, 6) is -10.9. The molecule has 12 heteroatoms. The number of phenols is 1. The van der Waals surface area contributed by atoms with Crippen molar-refractivity contribution >= 4 is 35.2 Å². The Kier molecular flexibility index (Phi) is 7.75. The third-order valence-corrected chi connectivity index (χ3v) is 7.90. The predicted octanol–water partition coefficient (Wildman–Crippen LogP) is 1.63. The standard InChI is InChI=1S/C28H31NO11/c1-3-4-10-39-17(32)8-9-18(33)40-24-14-11-16(31)21(27(29)37)25(35)28(14,38)26(36)22-19(24)12(2)13-6-5-7-15(30)20(13)23(22)34/h5-7,12,14,19,24,30,34-35,38H,3-4,8-11H2,1-2H3,(H2,29,37)/t12-,14+,19+,24+,28+/m0/s1. The molecule has 0 radical (unpaired) electrons. The van der Waals surface area contributed by atoms with Crippen molar-refractivity contribution in [2.75, 3.05) is 6.61 Å². The number of unbranched alkanes of at least 4 members (excludes halogenated alkanes) is 1. The Morgan fingerprint density at radius 1 is 1.10 bits per heavy atom. The second-order valence-corrected chi connectivity index (χ2v) is 10.3. The number of hydrogen-bond donors (Lipinski definition) is 5. The number of phenolic OH excluding ortho intramolecular Hbond substituents is 1. The van der Waals surface area contributed by atoms with Crippen LogP contribution in [0.3, 0.4) is 0 Å². The number of aliphatic hydroxyl groups excluding tert-OH is 2. The molecular weight excluding hydrogens is 526 g/mol. The molecule has 12 nitrogen and oxygen atoms in total. The minimum Gasteiger partial charge on any atom is -0.508 e. The number of nitrogens with two attached hydrogens (primary N) is 1. The molecule has 1 aromatic carbocycles. The lowest BCUT2D eigenvalue weighted by Crippen LogP contribution is -2.64. The summed E-state index contributed by atoms with van der Waals surface area (Å²) >= 11 is 0. The third kappa shape index (κ3) is 4.51. The Bertz CT molecular complexity index is 1360. The Morgan fingerprint density at radius 3 is 2.42 bits per heavy atom. The quantitative estimate of drug-likeness (QED) is 0.176. The minimum atomic E-state index is -2.95. The van der Waals surface area contributed by atoms with Gasteiger partial charge in [-0.2, -0.15) is 0 Å². The fraction of sp³-hybridized carbons (Fsp3) is 0.464. The van der Waals surface area contributed by atoms with E-state index in [0.29, 0.717) is 12.0 Å². The highest BCUT2D eigenvalue weighted by Crippen LogP contribution is 2.56. The zero-order chi connectivity index (χ0) is 29.5. The van der Waals surface area contributed by atoms with Gasteiger partial charge in [-0.3, -0.25) is 24.0 Å². The Balaban J connectivity index is 1.80. The van der Waals surface area contributed by atoms with Crippen LogP contribution in [0.1, 0.15) is 63.0 Å². The molecule has 40 heavy (non-hydrogen) atoms. The Morgan fingerprint density at radius 2 is 1.77 bits per heavy atom. The molecule has 6 N–H and O–H groups in total. The molecule has 0 heterocycles. The van der Waals surface area contributed by atoms with E-state index >= 15 is 0 Å². The molecule has 0 saturated heterocycles. The summed E-state index contributed by atoms with van der Waals surface area (Å²) < 4.78 is 10.8. The topological polar surface area (TPSA) is 211 Å². The number of esters is 2. The molecule has 0 aliphatic heterocycles. The van der Waals surface area contributed by atoms with E-state index < -0.39 is 94.4 Å². The van der Waals surface area contributed by atoms with Crippen LogP contribution < -0.4 is 5.73 Å². The van der Waals surface area contributed by atoms with Gasteiger partial charge in [-0.05, 0) is 24.0 Å². The van der Waals surface area contributed by atoms with Crippen LogP contribution in [0.2, 0.25) is 0 Å². The number of benzene rings is 1. The largest absolute Gasteiger partial charge is 0.508 e. The van der Waals surface area contributed by atoms with Gasteiger partial charge < -0.3 is 35.6 Å². The number of rotatable bonds is 8. The number of aromatic hydroxyl groups is 1. The number of hydrogen-bond acceptors (Lipinski definition) is 11. The SMILES string of the molecule is CCCCOC(=O)CCC(=O)O[C@H]1[C@H]2C(=C(O)c3c(O)cccc3[C@@H]2C)C(=O)[C@]2(O)C(O)=C(C(N)=O)C(=O)C[C@H]12. The molecule has 0 bridgehead atoms. The number of amides is 1. The van der Waals surface area contributed by atoms with Crippen LogP contribution in [0.4, 0.5) is 0 Å². The van der Waals surface area contributed by atoms with Crippen molar-refractivity contribution in [1.82, 2.24) is 0 Å². The molecule has 0 aromatic heterocycles. The number of ketones is 2. The zero-order valence-corrected chi connectivity index (χ0v) is 22.0. The third-order valence-electron chi connectivity index (χ3n) is 7.90. The van der Waals surface area contributed by atoms with E-state index in [0.717, 1.165) is 6.42 Å². The number of aliphatic hydroxyl groups is 3. The number of ether oxygens (including phenoxy) is 2. The predicted molar refractivity (Wildman–Crippen MR) is 136 cm³/mol.